The van der Waals surface area contributed by atoms with E-state index in [1.165, 1.54) is 0 Å². The molecule has 1 aromatic carbocycles. The molecule has 8 heteroatoms. The summed E-state index contributed by atoms with van der Waals surface area (Å²) in [4.78, 5) is 38.1. The minimum atomic E-state index is -0.638. The molecule has 2 N–H and O–H groups in total. The molecule has 7 nitrogen and oxygen atoms in total. The number of benzene rings is 1. The molecule has 0 aliphatic rings. The number of nitriles is 1. The molecule has 4 aromatic rings. The molecule has 3 heterocycles. The smallest absolute Gasteiger partial charge is 0.305 e. The topological polar surface area (TPSA) is 115 Å². The molecule has 0 amide bonds. The fraction of sp³-hybridized carbons (Fsp3) is 0.150. The third-order valence-corrected chi connectivity index (χ3v) is 4.86. The van der Waals surface area contributed by atoms with Gasteiger partial charge in [0.1, 0.15) is 10.7 Å². The van der Waals surface area contributed by atoms with E-state index in [0.717, 1.165) is 5.56 Å². The van der Waals surface area contributed by atoms with E-state index in [1.807, 2.05) is 26.0 Å². The molecule has 0 saturated carbocycles. The predicted octanol–water partition coefficient (Wildman–Crippen LogP) is 3.28. The molecule has 3 aromatic heterocycles. The minimum absolute atomic E-state index is 0.217. The molecule has 0 unspecified atom stereocenters. The van der Waals surface area contributed by atoms with E-state index >= 15 is 0 Å². The Morgan fingerprint density at radius 2 is 1.75 bits per heavy atom. The summed E-state index contributed by atoms with van der Waals surface area (Å²) in [6.07, 6.45) is 0. The van der Waals surface area contributed by atoms with Crippen LogP contribution < -0.4 is 11.2 Å². The molecule has 0 aliphatic carbocycles. The first-order valence-corrected chi connectivity index (χ1v) is 8.83. The van der Waals surface area contributed by atoms with Gasteiger partial charge in [-0.1, -0.05) is 35.9 Å². The van der Waals surface area contributed by atoms with Gasteiger partial charge in [-0.2, -0.15) is 5.26 Å². The first kappa shape index (κ1) is 17.9. The number of halogens is 1. The normalized spacial score (nSPS) is 11.6. The summed E-state index contributed by atoms with van der Waals surface area (Å²) < 4.78 is 0. The molecule has 0 fully saturated rings. The van der Waals surface area contributed by atoms with Crippen molar-refractivity contribution in [3.63, 3.8) is 0 Å². The average Bonchev–Trinajstić information content (AvgIpc) is 2.67. The van der Waals surface area contributed by atoms with Crippen LogP contribution in [0, 0.1) is 11.3 Å². The highest BCUT2D eigenvalue weighted by Crippen LogP contribution is 2.30. The molecule has 4 rings (SSSR count). The fourth-order valence-electron chi connectivity index (χ4n) is 3.09. The first-order chi connectivity index (χ1) is 13.3. The van der Waals surface area contributed by atoms with E-state index in [1.54, 1.807) is 24.3 Å². The fourth-order valence-corrected chi connectivity index (χ4v) is 3.23. The number of hydrogen-bond acceptors (Lipinski definition) is 5. The Kier molecular flexibility index (Phi) is 4.02. The van der Waals surface area contributed by atoms with Gasteiger partial charge in [0, 0.05) is 5.56 Å². The van der Waals surface area contributed by atoms with Crippen molar-refractivity contribution in [2.24, 2.45) is 0 Å². The first-order valence-electron chi connectivity index (χ1n) is 8.45. The van der Waals surface area contributed by atoms with Crippen molar-refractivity contribution in [2.45, 2.75) is 19.3 Å². The van der Waals surface area contributed by atoms with Gasteiger partial charge in [0.15, 0.2) is 0 Å². The van der Waals surface area contributed by atoms with Crippen molar-refractivity contribution in [2.75, 3.05) is 0 Å². The Balaban J connectivity index is 2.07. The highest BCUT2D eigenvalue weighted by molar-refractivity contribution is 6.30. The number of pyridine rings is 2. The van der Waals surface area contributed by atoms with E-state index in [2.05, 4.69) is 26.0 Å². The second kappa shape index (κ2) is 6.29. The summed E-state index contributed by atoms with van der Waals surface area (Å²) in [5.74, 6) is 0. The monoisotopic (exact) mass is 391 g/mol. The summed E-state index contributed by atoms with van der Waals surface area (Å²) in [6.45, 7) is 3.66. The minimum Gasteiger partial charge on any atom is -0.305 e. The van der Waals surface area contributed by atoms with E-state index < -0.39 is 16.7 Å². The quantitative estimate of drug-likeness (QED) is 0.402. The van der Waals surface area contributed by atoms with Crippen LogP contribution >= 0.6 is 11.6 Å². The van der Waals surface area contributed by atoms with Gasteiger partial charge in [-0.25, -0.2) is 14.8 Å². The Bertz CT molecular complexity index is 1400. The number of rotatable bonds is 2. The maximum Gasteiger partial charge on any atom is 0.326 e. The lowest BCUT2D eigenvalue weighted by atomic mass is 9.86. The van der Waals surface area contributed by atoms with Crippen LogP contribution in [0.15, 0.2) is 46.0 Å². The maximum absolute atomic E-state index is 12.6. The van der Waals surface area contributed by atoms with Crippen LogP contribution in [0.25, 0.3) is 33.2 Å². The molecule has 0 atom stereocenters. The molecular weight excluding hydrogens is 378 g/mol. The summed E-state index contributed by atoms with van der Waals surface area (Å²) >= 11 is 5.99. The van der Waals surface area contributed by atoms with E-state index in [9.17, 15) is 14.9 Å². The third-order valence-electron chi connectivity index (χ3n) is 4.65. The van der Waals surface area contributed by atoms with Crippen LogP contribution in [-0.4, -0.2) is 19.9 Å². The van der Waals surface area contributed by atoms with Crippen LogP contribution in [0.4, 0.5) is 0 Å². The second-order valence-corrected chi connectivity index (χ2v) is 7.32. The van der Waals surface area contributed by atoms with E-state index in [0.29, 0.717) is 22.3 Å². The summed E-state index contributed by atoms with van der Waals surface area (Å²) in [6, 6.07) is 12.8. The van der Waals surface area contributed by atoms with Crippen LogP contribution in [0.1, 0.15) is 19.4 Å². The highest BCUT2D eigenvalue weighted by atomic mass is 35.5. The molecule has 0 spiro atoms. The zero-order valence-corrected chi connectivity index (χ0v) is 15.8. The van der Waals surface area contributed by atoms with E-state index in [4.69, 9.17) is 11.6 Å². The van der Waals surface area contributed by atoms with Gasteiger partial charge in [0.25, 0.3) is 5.56 Å². The van der Waals surface area contributed by atoms with Crippen molar-refractivity contribution >= 4 is 33.5 Å². The average molecular weight is 392 g/mol. The molecule has 0 bridgehead atoms. The number of nitrogens with zero attached hydrogens (tertiary/aromatic N) is 3. The van der Waals surface area contributed by atoms with Gasteiger partial charge < -0.3 is 4.98 Å². The Labute approximate surface area is 163 Å². The van der Waals surface area contributed by atoms with Gasteiger partial charge in [-0.15, -0.1) is 0 Å². The molecule has 0 radical (unpaired) electrons. The lowest BCUT2D eigenvalue weighted by Gasteiger charge is -2.16. The zero-order chi connectivity index (χ0) is 20.1. The Morgan fingerprint density at radius 3 is 2.43 bits per heavy atom. The SMILES string of the molecule is CC(C)(C#N)c1ccc(-c2nc3ccc(Cl)nc3c3[nH]c(=O)[nH]c(=O)c23)cc1. The van der Waals surface area contributed by atoms with E-state index in [-0.39, 0.29) is 16.1 Å². The standard InChI is InChI=1S/C20H14ClN5O2/c1-20(2,9-22)11-5-3-10(4-6-11)15-14-17(25-19(28)26-18(14)27)16-12(23-15)7-8-13(21)24-16/h3-8H,1-2H3,(H2,25,26,27,28). The lowest BCUT2D eigenvalue weighted by molar-refractivity contribution is 0.687. The predicted molar refractivity (Wildman–Crippen MR) is 107 cm³/mol. The van der Waals surface area contributed by atoms with Gasteiger partial charge in [0.2, 0.25) is 0 Å². The zero-order valence-electron chi connectivity index (χ0n) is 15.0. The molecule has 0 aliphatic heterocycles. The van der Waals surface area contributed by atoms with Crippen LogP contribution in [-0.2, 0) is 5.41 Å². The van der Waals surface area contributed by atoms with Crippen LogP contribution in [0.3, 0.4) is 0 Å². The largest absolute Gasteiger partial charge is 0.326 e. The lowest BCUT2D eigenvalue weighted by Crippen LogP contribution is -2.23. The molecule has 28 heavy (non-hydrogen) atoms. The molecule has 0 saturated heterocycles. The van der Waals surface area contributed by atoms with Gasteiger partial charge in [0.05, 0.1) is 33.6 Å². The second-order valence-electron chi connectivity index (χ2n) is 6.93. The van der Waals surface area contributed by atoms with Crippen molar-refractivity contribution < 1.29 is 0 Å². The number of fused-ring (bicyclic) bond motifs is 3. The number of H-pyrrole nitrogens is 2. The summed E-state index contributed by atoms with van der Waals surface area (Å²) in [7, 11) is 0. The highest BCUT2D eigenvalue weighted by Gasteiger charge is 2.20. The van der Waals surface area contributed by atoms with Crippen LogP contribution in [0.5, 0.6) is 0 Å². The number of nitrogens with one attached hydrogen (secondary N) is 2. The number of aromatic amines is 2. The number of hydrogen-bond donors (Lipinski definition) is 2. The third kappa shape index (κ3) is 2.84. The van der Waals surface area contributed by atoms with Crippen molar-refractivity contribution in [1.29, 1.82) is 5.26 Å². The molecular formula is C20H14ClN5O2. The summed E-state index contributed by atoms with van der Waals surface area (Å²) in [5.41, 5.74) is 1.21. The Hall–Kier alpha value is -3.50. The van der Waals surface area contributed by atoms with Gasteiger partial charge >= 0.3 is 5.69 Å². The Morgan fingerprint density at radius 1 is 1.04 bits per heavy atom. The van der Waals surface area contributed by atoms with Gasteiger partial charge in [-0.05, 0) is 31.5 Å². The molecule has 138 valence electrons. The van der Waals surface area contributed by atoms with Crippen molar-refractivity contribution in [1.82, 2.24) is 19.9 Å². The maximum atomic E-state index is 12.6. The van der Waals surface area contributed by atoms with Gasteiger partial charge in [-0.3, -0.25) is 9.78 Å². The van der Waals surface area contributed by atoms with Crippen molar-refractivity contribution in [3.05, 3.63) is 68.0 Å². The van der Waals surface area contributed by atoms with Crippen molar-refractivity contribution in [3.8, 4) is 17.3 Å². The van der Waals surface area contributed by atoms with Crippen LogP contribution in [0.2, 0.25) is 5.15 Å². The number of aromatic nitrogens is 4. The summed E-state index contributed by atoms with van der Waals surface area (Å²) in [5, 5.41) is 9.77.